The molecule has 0 spiro atoms. The summed E-state index contributed by atoms with van der Waals surface area (Å²) in [6, 6.07) is 0. The van der Waals surface area contributed by atoms with Gasteiger partial charge in [-0.1, -0.05) is 64.7 Å². The fraction of sp³-hybridized carbons (Fsp3) is 1.00. The molecule has 0 saturated heterocycles. The predicted molar refractivity (Wildman–Crippen MR) is 99.9 cm³/mol. The highest BCUT2D eigenvalue weighted by molar-refractivity contribution is 5.85. The molecule has 0 aliphatic rings. The van der Waals surface area contributed by atoms with Gasteiger partial charge in [-0.3, -0.25) is 0 Å². The number of nitrogens with one attached hydrogen (secondary N) is 1. The predicted octanol–water partition coefficient (Wildman–Crippen LogP) is 5.15. The van der Waals surface area contributed by atoms with E-state index in [-0.39, 0.29) is 24.8 Å². The fourth-order valence-electron chi connectivity index (χ4n) is 1.92. The fourth-order valence-corrected chi connectivity index (χ4v) is 1.92. The Hall–Kier alpha value is 0.500. The van der Waals surface area contributed by atoms with Crippen LogP contribution in [0.25, 0.3) is 0 Å². The molecule has 0 saturated carbocycles. The number of halogens is 2. The second-order valence-electron chi connectivity index (χ2n) is 5.49. The zero-order valence-electron chi connectivity index (χ0n) is 14.5. The van der Waals surface area contributed by atoms with Crippen LogP contribution < -0.4 is 5.32 Å². The largest absolute Gasteiger partial charge is 0.323 e. The van der Waals surface area contributed by atoms with Crippen molar-refractivity contribution in [2.75, 3.05) is 34.7 Å². The summed E-state index contributed by atoms with van der Waals surface area (Å²) in [5, 5.41) is 2.75. The van der Waals surface area contributed by atoms with Gasteiger partial charge in [0.15, 0.2) is 0 Å². The Labute approximate surface area is 141 Å². The van der Waals surface area contributed by atoms with E-state index in [0.29, 0.717) is 0 Å². The van der Waals surface area contributed by atoms with Gasteiger partial charge < -0.3 is 10.2 Å². The molecule has 0 atom stereocenters. The van der Waals surface area contributed by atoms with E-state index in [1.807, 2.05) is 14.1 Å². The van der Waals surface area contributed by atoms with Crippen LogP contribution >= 0.6 is 24.8 Å². The molecule has 4 heteroatoms. The van der Waals surface area contributed by atoms with Crippen molar-refractivity contribution in [2.24, 2.45) is 0 Å². The van der Waals surface area contributed by atoms with Crippen molar-refractivity contribution in [1.29, 1.82) is 0 Å². The van der Waals surface area contributed by atoms with Crippen LogP contribution in [-0.4, -0.2) is 39.6 Å². The minimum Gasteiger partial charge on any atom is -0.323 e. The summed E-state index contributed by atoms with van der Waals surface area (Å²) in [5.41, 5.74) is 0. The summed E-state index contributed by atoms with van der Waals surface area (Å²) in [5.74, 6) is 0. The first-order valence-electron chi connectivity index (χ1n) is 7.92. The minimum atomic E-state index is 0. The van der Waals surface area contributed by atoms with Crippen LogP contribution in [0.1, 0.15) is 71.1 Å². The molecule has 0 aromatic rings. The summed E-state index contributed by atoms with van der Waals surface area (Å²) in [7, 11) is 8.07. The number of nitrogens with zero attached hydrogens (tertiary/aromatic N) is 1. The summed E-state index contributed by atoms with van der Waals surface area (Å²) < 4.78 is 0. The number of hydrogen-bond donors (Lipinski definition) is 1. The molecule has 128 valence electrons. The third-order valence-electron chi connectivity index (χ3n) is 2.96. The maximum atomic E-state index is 2.75. The Bertz CT molecular complexity index is 134. The van der Waals surface area contributed by atoms with Crippen molar-refractivity contribution in [2.45, 2.75) is 71.1 Å². The van der Waals surface area contributed by atoms with E-state index >= 15 is 0 Å². The van der Waals surface area contributed by atoms with Crippen molar-refractivity contribution in [3.63, 3.8) is 0 Å². The molecular formula is C16H40Cl2N2. The van der Waals surface area contributed by atoms with Crippen molar-refractivity contribution in [3.05, 3.63) is 0 Å². The topological polar surface area (TPSA) is 15.3 Å². The summed E-state index contributed by atoms with van der Waals surface area (Å²) >= 11 is 0. The Morgan fingerprint density at radius 3 is 1.25 bits per heavy atom. The lowest BCUT2D eigenvalue weighted by molar-refractivity contribution is 0.389. The Morgan fingerprint density at radius 2 is 0.950 bits per heavy atom. The number of hydrogen-bond acceptors (Lipinski definition) is 2. The first-order valence-corrected chi connectivity index (χ1v) is 7.92. The van der Waals surface area contributed by atoms with Crippen LogP contribution in [-0.2, 0) is 0 Å². The Kier molecular flexibility index (Phi) is 39.8. The van der Waals surface area contributed by atoms with E-state index in [2.05, 4.69) is 31.2 Å². The molecule has 0 aliphatic carbocycles. The third kappa shape index (κ3) is 36.3. The molecule has 0 rings (SSSR count). The Morgan fingerprint density at radius 1 is 0.650 bits per heavy atom. The van der Waals surface area contributed by atoms with Crippen molar-refractivity contribution < 1.29 is 0 Å². The minimum absolute atomic E-state index is 0. The summed E-state index contributed by atoms with van der Waals surface area (Å²) in [6.07, 6.45) is 14.4. The number of unbranched alkanes of at least 4 members (excludes halogenated alkanes) is 9. The first kappa shape index (κ1) is 28.6. The van der Waals surface area contributed by atoms with Gasteiger partial charge in [0.25, 0.3) is 0 Å². The zero-order valence-corrected chi connectivity index (χ0v) is 16.2. The molecule has 0 bridgehead atoms. The lowest BCUT2D eigenvalue weighted by Gasteiger charge is -2.08. The van der Waals surface area contributed by atoms with E-state index in [0.717, 1.165) is 0 Å². The second-order valence-corrected chi connectivity index (χ2v) is 5.49. The van der Waals surface area contributed by atoms with E-state index in [1.54, 1.807) is 0 Å². The summed E-state index contributed by atoms with van der Waals surface area (Å²) in [4.78, 5) is 2.28. The van der Waals surface area contributed by atoms with Gasteiger partial charge in [-0.05, 0) is 41.2 Å². The van der Waals surface area contributed by atoms with Gasteiger partial charge in [0, 0.05) is 0 Å². The van der Waals surface area contributed by atoms with Crippen LogP contribution in [0, 0.1) is 0 Å². The molecule has 20 heavy (non-hydrogen) atoms. The molecule has 0 aromatic heterocycles. The molecule has 0 heterocycles. The highest BCUT2D eigenvalue weighted by Crippen LogP contribution is 2.10. The van der Waals surface area contributed by atoms with Crippen LogP contribution in [0.4, 0.5) is 0 Å². The molecule has 0 aliphatic heterocycles. The van der Waals surface area contributed by atoms with E-state index in [4.69, 9.17) is 0 Å². The molecule has 0 amide bonds. The maximum Gasteiger partial charge on any atom is -0.00248 e. The first-order chi connectivity index (χ1) is 8.68. The highest BCUT2D eigenvalue weighted by Gasteiger charge is 1.93. The van der Waals surface area contributed by atoms with Crippen LogP contribution in [0.2, 0.25) is 0 Å². The molecular weight excluding hydrogens is 291 g/mol. The van der Waals surface area contributed by atoms with Crippen LogP contribution in [0.5, 0.6) is 0 Å². The Balaban J connectivity index is -0.000000233. The lowest BCUT2D eigenvalue weighted by Crippen LogP contribution is -2.12. The SMILES string of the molecule is CCCCCCCCCCCCN(C)C.CNC.Cl.Cl. The molecule has 0 fully saturated rings. The van der Waals surface area contributed by atoms with Crippen molar-refractivity contribution >= 4 is 24.8 Å². The van der Waals surface area contributed by atoms with E-state index in [1.165, 1.54) is 70.8 Å². The molecule has 2 nitrogen and oxygen atoms in total. The van der Waals surface area contributed by atoms with Gasteiger partial charge in [-0.25, -0.2) is 0 Å². The quantitative estimate of drug-likeness (QED) is 0.527. The number of rotatable bonds is 11. The standard InChI is InChI=1S/C14H31N.C2H7N.2ClH/c1-4-5-6-7-8-9-10-11-12-13-14-15(2)3;1-3-2;;/h4-14H2,1-3H3;3H,1-2H3;2*1H. The average molecular weight is 331 g/mol. The van der Waals surface area contributed by atoms with Crippen LogP contribution in [0.15, 0.2) is 0 Å². The van der Waals surface area contributed by atoms with Crippen LogP contribution in [0.3, 0.4) is 0 Å². The monoisotopic (exact) mass is 330 g/mol. The highest BCUT2D eigenvalue weighted by atomic mass is 35.5. The van der Waals surface area contributed by atoms with Crippen molar-refractivity contribution in [1.82, 2.24) is 10.2 Å². The van der Waals surface area contributed by atoms with Gasteiger partial charge in [0.1, 0.15) is 0 Å². The zero-order chi connectivity index (χ0) is 14.1. The van der Waals surface area contributed by atoms with Gasteiger partial charge >= 0.3 is 0 Å². The normalized spacial score (nSPS) is 9.30. The van der Waals surface area contributed by atoms with Gasteiger partial charge in [0.2, 0.25) is 0 Å². The molecule has 0 unspecified atom stereocenters. The molecule has 1 N–H and O–H groups in total. The lowest BCUT2D eigenvalue weighted by atomic mass is 10.1. The van der Waals surface area contributed by atoms with E-state index in [9.17, 15) is 0 Å². The third-order valence-corrected chi connectivity index (χ3v) is 2.96. The smallest absolute Gasteiger partial charge is 0.00248 e. The summed E-state index contributed by atoms with van der Waals surface area (Å²) in [6.45, 7) is 3.54. The van der Waals surface area contributed by atoms with Gasteiger partial charge in [0.05, 0.1) is 0 Å². The maximum absolute atomic E-state index is 2.75. The van der Waals surface area contributed by atoms with Gasteiger partial charge in [-0.2, -0.15) is 0 Å². The molecule has 0 aromatic carbocycles. The van der Waals surface area contributed by atoms with Crippen molar-refractivity contribution in [3.8, 4) is 0 Å². The van der Waals surface area contributed by atoms with E-state index < -0.39 is 0 Å². The second kappa shape index (κ2) is 27.8. The average Bonchev–Trinajstić information content (AvgIpc) is 2.32. The molecule has 0 radical (unpaired) electrons. The van der Waals surface area contributed by atoms with Gasteiger partial charge in [-0.15, -0.1) is 24.8 Å².